The minimum Gasteiger partial charge on any atom is -0.387 e. The van der Waals surface area contributed by atoms with Crippen LogP contribution in [0.5, 0.6) is 0 Å². The lowest BCUT2D eigenvalue weighted by Crippen LogP contribution is -2.20. The van der Waals surface area contributed by atoms with Gasteiger partial charge in [0.25, 0.3) is 0 Å². The molecule has 0 bridgehead atoms. The summed E-state index contributed by atoms with van der Waals surface area (Å²) in [7, 11) is 0. The van der Waals surface area contributed by atoms with Crippen LogP contribution in [0, 0.1) is 11.3 Å². The third-order valence-corrected chi connectivity index (χ3v) is 4.67. The molecule has 0 amide bonds. The molecule has 0 aliphatic heterocycles. The first-order valence-electron chi connectivity index (χ1n) is 5.81. The second-order valence-electron chi connectivity index (χ2n) is 4.07. The van der Waals surface area contributed by atoms with Crippen molar-refractivity contribution in [2.75, 3.05) is 6.54 Å². The Morgan fingerprint density at radius 2 is 2.05 bits per heavy atom. The van der Waals surface area contributed by atoms with Gasteiger partial charge >= 0.3 is 0 Å². The molecule has 0 radical (unpaired) electrons. The summed E-state index contributed by atoms with van der Waals surface area (Å²) in [6.07, 6.45) is -0.563. The third-order valence-electron chi connectivity index (χ3n) is 2.74. The molecule has 2 rings (SSSR count). The Hall–Kier alpha value is -1.19. The van der Waals surface area contributed by atoms with E-state index in [2.05, 4.69) is 27.3 Å². The van der Waals surface area contributed by atoms with Gasteiger partial charge in [0.15, 0.2) is 0 Å². The first-order chi connectivity index (χ1) is 9.20. The minimum atomic E-state index is -0.563. The van der Waals surface area contributed by atoms with E-state index in [1.54, 1.807) is 35.6 Å². The van der Waals surface area contributed by atoms with Crippen LogP contribution in [-0.4, -0.2) is 11.7 Å². The number of aliphatic hydroxyl groups excluding tert-OH is 1. The van der Waals surface area contributed by atoms with Crippen molar-refractivity contribution in [3.63, 3.8) is 0 Å². The molecule has 2 aromatic rings. The molecule has 0 fully saturated rings. The number of halogens is 1. The van der Waals surface area contributed by atoms with Crippen molar-refractivity contribution in [1.82, 2.24) is 5.32 Å². The number of rotatable bonds is 5. The van der Waals surface area contributed by atoms with Gasteiger partial charge in [0.05, 0.1) is 17.7 Å². The van der Waals surface area contributed by atoms with E-state index in [1.165, 1.54) is 4.88 Å². The van der Waals surface area contributed by atoms with Crippen LogP contribution in [-0.2, 0) is 6.54 Å². The minimum absolute atomic E-state index is 0.482. The number of nitriles is 1. The standard InChI is InChI=1S/C14H13BrN2OS/c15-12-5-6-19-14(12)9-17-8-13(18)11-3-1-10(7-16)2-4-11/h1-6,13,17-18H,8-9H2. The van der Waals surface area contributed by atoms with Crippen molar-refractivity contribution in [2.45, 2.75) is 12.6 Å². The fraction of sp³-hybridized carbons (Fsp3) is 0.214. The van der Waals surface area contributed by atoms with Gasteiger partial charge in [-0.2, -0.15) is 5.26 Å². The van der Waals surface area contributed by atoms with E-state index < -0.39 is 6.10 Å². The number of benzene rings is 1. The van der Waals surface area contributed by atoms with Crippen LogP contribution in [0.1, 0.15) is 22.1 Å². The summed E-state index contributed by atoms with van der Waals surface area (Å²) in [5.41, 5.74) is 1.42. The fourth-order valence-corrected chi connectivity index (χ4v) is 3.13. The van der Waals surface area contributed by atoms with E-state index in [9.17, 15) is 5.11 Å². The quantitative estimate of drug-likeness (QED) is 0.881. The van der Waals surface area contributed by atoms with E-state index in [4.69, 9.17) is 5.26 Å². The maximum absolute atomic E-state index is 10.0. The number of hydrogen-bond donors (Lipinski definition) is 2. The van der Waals surface area contributed by atoms with E-state index in [0.717, 1.165) is 16.6 Å². The largest absolute Gasteiger partial charge is 0.387 e. The smallest absolute Gasteiger partial charge is 0.0991 e. The lowest BCUT2D eigenvalue weighted by molar-refractivity contribution is 0.174. The molecule has 0 aliphatic rings. The molecule has 1 aromatic carbocycles. The SMILES string of the molecule is N#Cc1ccc(C(O)CNCc2sccc2Br)cc1. The first kappa shape index (κ1) is 14.2. The Morgan fingerprint density at radius 1 is 1.32 bits per heavy atom. The summed E-state index contributed by atoms with van der Waals surface area (Å²) in [6.45, 7) is 1.21. The molecule has 2 N–H and O–H groups in total. The average molecular weight is 337 g/mol. The van der Waals surface area contributed by atoms with Gasteiger partial charge in [-0.15, -0.1) is 11.3 Å². The molecule has 98 valence electrons. The van der Waals surface area contributed by atoms with Crippen molar-refractivity contribution < 1.29 is 5.11 Å². The highest BCUT2D eigenvalue weighted by Crippen LogP contribution is 2.22. The van der Waals surface area contributed by atoms with Gasteiger partial charge < -0.3 is 10.4 Å². The Morgan fingerprint density at radius 3 is 2.63 bits per heavy atom. The van der Waals surface area contributed by atoms with Crippen molar-refractivity contribution in [2.24, 2.45) is 0 Å². The first-order valence-corrected chi connectivity index (χ1v) is 7.48. The molecule has 0 saturated carbocycles. The van der Waals surface area contributed by atoms with Crippen LogP contribution in [0.2, 0.25) is 0 Å². The lowest BCUT2D eigenvalue weighted by atomic mass is 10.1. The Kier molecular flexibility index (Phi) is 5.11. The molecule has 0 aliphatic carbocycles. The molecule has 3 nitrogen and oxygen atoms in total. The van der Waals surface area contributed by atoms with Gasteiger partial charge in [0.1, 0.15) is 0 Å². The van der Waals surface area contributed by atoms with Gasteiger partial charge in [-0.25, -0.2) is 0 Å². The van der Waals surface area contributed by atoms with E-state index in [1.807, 2.05) is 11.4 Å². The highest BCUT2D eigenvalue weighted by molar-refractivity contribution is 9.10. The second-order valence-corrected chi connectivity index (χ2v) is 5.93. The highest BCUT2D eigenvalue weighted by atomic mass is 79.9. The maximum Gasteiger partial charge on any atom is 0.0991 e. The van der Waals surface area contributed by atoms with Crippen molar-refractivity contribution in [3.8, 4) is 6.07 Å². The Bertz CT molecular complexity index is 574. The van der Waals surface area contributed by atoms with Crippen molar-refractivity contribution >= 4 is 27.3 Å². The number of nitrogens with one attached hydrogen (secondary N) is 1. The highest BCUT2D eigenvalue weighted by Gasteiger charge is 2.08. The number of nitrogens with zero attached hydrogens (tertiary/aromatic N) is 1. The molecule has 5 heteroatoms. The lowest BCUT2D eigenvalue weighted by Gasteiger charge is -2.12. The molecule has 1 aromatic heterocycles. The zero-order chi connectivity index (χ0) is 13.7. The van der Waals surface area contributed by atoms with Crippen LogP contribution in [0.3, 0.4) is 0 Å². The van der Waals surface area contributed by atoms with Crippen molar-refractivity contribution in [3.05, 3.63) is 56.2 Å². The van der Waals surface area contributed by atoms with Gasteiger partial charge in [0, 0.05) is 22.4 Å². The average Bonchev–Trinajstić information content (AvgIpc) is 2.84. The zero-order valence-electron chi connectivity index (χ0n) is 10.1. The molecular weight excluding hydrogens is 324 g/mol. The van der Waals surface area contributed by atoms with Gasteiger partial charge in [0.2, 0.25) is 0 Å². The van der Waals surface area contributed by atoms with Crippen LogP contribution in [0.4, 0.5) is 0 Å². The maximum atomic E-state index is 10.0. The van der Waals surface area contributed by atoms with Crippen LogP contribution >= 0.6 is 27.3 Å². The number of hydrogen-bond acceptors (Lipinski definition) is 4. The van der Waals surface area contributed by atoms with Crippen LogP contribution in [0.25, 0.3) is 0 Å². The van der Waals surface area contributed by atoms with Crippen LogP contribution < -0.4 is 5.32 Å². The summed E-state index contributed by atoms with van der Waals surface area (Å²) < 4.78 is 1.10. The molecule has 1 heterocycles. The van der Waals surface area contributed by atoms with Crippen molar-refractivity contribution in [1.29, 1.82) is 5.26 Å². The Labute approximate surface area is 124 Å². The van der Waals surface area contributed by atoms with Gasteiger partial charge in [-0.1, -0.05) is 12.1 Å². The number of thiophene rings is 1. The Balaban J connectivity index is 1.85. The van der Waals surface area contributed by atoms with E-state index in [0.29, 0.717) is 12.1 Å². The van der Waals surface area contributed by atoms with E-state index in [-0.39, 0.29) is 0 Å². The third kappa shape index (κ3) is 3.88. The molecule has 0 saturated heterocycles. The normalized spacial score (nSPS) is 12.1. The number of aliphatic hydroxyl groups is 1. The predicted octanol–water partition coefficient (Wildman–Crippen LogP) is 3.21. The van der Waals surface area contributed by atoms with Gasteiger partial charge in [-0.3, -0.25) is 0 Å². The molecule has 0 spiro atoms. The molecule has 1 atom stereocenters. The molecular formula is C14H13BrN2OS. The fourth-order valence-electron chi connectivity index (χ4n) is 1.67. The summed E-state index contributed by atoms with van der Waals surface area (Å²) in [5, 5.41) is 24.0. The monoisotopic (exact) mass is 336 g/mol. The summed E-state index contributed by atoms with van der Waals surface area (Å²) >= 11 is 5.15. The predicted molar refractivity (Wildman–Crippen MR) is 79.8 cm³/mol. The molecule has 1 unspecified atom stereocenters. The second kappa shape index (κ2) is 6.83. The van der Waals surface area contributed by atoms with Crippen LogP contribution in [0.15, 0.2) is 40.2 Å². The summed E-state index contributed by atoms with van der Waals surface area (Å²) in [6, 6.07) is 11.1. The summed E-state index contributed by atoms with van der Waals surface area (Å²) in [4.78, 5) is 1.21. The van der Waals surface area contributed by atoms with E-state index >= 15 is 0 Å². The molecule has 19 heavy (non-hydrogen) atoms. The summed E-state index contributed by atoms with van der Waals surface area (Å²) in [5.74, 6) is 0. The van der Waals surface area contributed by atoms with Gasteiger partial charge in [-0.05, 0) is 45.1 Å². The zero-order valence-corrected chi connectivity index (χ0v) is 12.5. The topological polar surface area (TPSA) is 56.0 Å².